The van der Waals surface area contributed by atoms with Crippen LogP contribution in [-0.4, -0.2) is 11.5 Å². The molecule has 1 aromatic carbocycles. The van der Waals surface area contributed by atoms with Crippen LogP contribution in [-0.2, 0) is 0 Å². The van der Waals surface area contributed by atoms with E-state index in [1.54, 1.807) is 12.4 Å². The van der Waals surface area contributed by atoms with Crippen LogP contribution in [0.4, 0.5) is 0 Å². The van der Waals surface area contributed by atoms with Crippen LogP contribution >= 0.6 is 0 Å². The molecule has 3 heteroatoms. The maximum Gasteiger partial charge on any atom is 0.145 e. The highest BCUT2D eigenvalue weighted by molar-refractivity contribution is 5.34. The van der Waals surface area contributed by atoms with Crippen LogP contribution in [0.5, 0.6) is 11.5 Å². The third kappa shape index (κ3) is 3.31. The summed E-state index contributed by atoms with van der Waals surface area (Å²) >= 11 is 0. The van der Waals surface area contributed by atoms with Crippen molar-refractivity contribution >= 4 is 0 Å². The lowest BCUT2D eigenvalue weighted by Crippen LogP contribution is -2.17. The Morgan fingerprint density at radius 1 is 1.22 bits per heavy atom. The molecule has 2 rings (SSSR count). The van der Waals surface area contributed by atoms with Gasteiger partial charge < -0.3 is 10.1 Å². The Labute approximate surface area is 108 Å². The summed E-state index contributed by atoms with van der Waals surface area (Å²) in [5.41, 5.74) is 1.22. The van der Waals surface area contributed by atoms with E-state index in [0.29, 0.717) is 6.04 Å². The zero-order valence-corrected chi connectivity index (χ0v) is 10.8. The molecule has 0 spiro atoms. The van der Waals surface area contributed by atoms with Crippen LogP contribution < -0.4 is 10.1 Å². The predicted molar refractivity (Wildman–Crippen MR) is 72.8 cm³/mol. The molecule has 0 fully saturated rings. The number of benzene rings is 1. The molecule has 2 aromatic rings. The maximum absolute atomic E-state index is 5.76. The molecule has 1 aromatic heterocycles. The fourth-order valence-corrected chi connectivity index (χ4v) is 1.81. The van der Waals surface area contributed by atoms with Crippen LogP contribution in [0.3, 0.4) is 0 Å². The van der Waals surface area contributed by atoms with Crippen LogP contribution in [0.15, 0.2) is 48.8 Å². The van der Waals surface area contributed by atoms with E-state index in [2.05, 4.69) is 36.3 Å². The minimum absolute atomic E-state index is 0.326. The van der Waals surface area contributed by atoms with Gasteiger partial charge in [-0.25, -0.2) is 0 Å². The molecule has 1 heterocycles. The molecule has 94 valence electrons. The van der Waals surface area contributed by atoms with Gasteiger partial charge in [0.25, 0.3) is 0 Å². The number of ether oxygens (including phenoxy) is 1. The van der Waals surface area contributed by atoms with Crippen molar-refractivity contribution in [3.63, 3.8) is 0 Å². The number of aromatic nitrogens is 1. The van der Waals surface area contributed by atoms with E-state index >= 15 is 0 Å². The van der Waals surface area contributed by atoms with Gasteiger partial charge in [0.15, 0.2) is 0 Å². The fourth-order valence-electron chi connectivity index (χ4n) is 1.81. The van der Waals surface area contributed by atoms with E-state index in [1.807, 2.05) is 24.3 Å². The molecule has 0 radical (unpaired) electrons. The highest BCUT2D eigenvalue weighted by Gasteiger charge is 2.05. The highest BCUT2D eigenvalue weighted by Crippen LogP contribution is 2.23. The fraction of sp³-hybridized carbons (Fsp3) is 0.267. The Morgan fingerprint density at radius 2 is 2.06 bits per heavy atom. The van der Waals surface area contributed by atoms with E-state index in [-0.39, 0.29) is 0 Å². The largest absolute Gasteiger partial charge is 0.456 e. The molecule has 1 atom stereocenters. The smallest absolute Gasteiger partial charge is 0.145 e. The summed E-state index contributed by atoms with van der Waals surface area (Å²) in [4.78, 5) is 4.03. The Bertz CT molecular complexity index is 485. The molecule has 0 saturated carbocycles. The van der Waals surface area contributed by atoms with Gasteiger partial charge in [-0.3, -0.25) is 4.98 Å². The Kier molecular flexibility index (Phi) is 4.31. The second-order valence-electron chi connectivity index (χ2n) is 4.14. The summed E-state index contributed by atoms with van der Waals surface area (Å²) < 4.78 is 5.76. The number of hydrogen-bond acceptors (Lipinski definition) is 3. The Morgan fingerprint density at radius 3 is 2.78 bits per heavy atom. The monoisotopic (exact) mass is 242 g/mol. The summed E-state index contributed by atoms with van der Waals surface area (Å²) in [6.07, 6.45) is 3.44. The molecular formula is C15H18N2O. The third-order valence-electron chi connectivity index (χ3n) is 2.74. The molecule has 0 aliphatic heterocycles. The number of rotatable bonds is 5. The summed E-state index contributed by atoms with van der Waals surface area (Å²) in [6.45, 7) is 5.20. The average Bonchev–Trinajstić information content (AvgIpc) is 2.40. The van der Waals surface area contributed by atoms with Crippen molar-refractivity contribution in [1.82, 2.24) is 10.3 Å². The normalized spacial score (nSPS) is 12.1. The lowest BCUT2D eigenvalue weighted by Gasteiger charge is -2.14. The van der Waals surface area contributed by atoms with Crippen molar-refractivity contribution in [2.24, 2.45) is 0 Å². The van der Waals surface area contributed by atoms with Crippen LogP contribution in [0.1, 0.15) is 25.5 Å². The first-order chi connectivity index (χ1) is 8.79. The van der Waals surface area contributed by atoms with E-state index in [4.69, 9.17) is 4.74 Å². The summed E-state index contributed by atoms with van der Waals surface area (Å²) in [7, 11) is 0. The maximum atomic E-state index is 5.76. The van der Waals surface area contributed by atoms with Gasteiger partial charge in [0.2, 0.25) is 0 Å². The van der Waals surface area contributed by atoms with Crippen molar-refractivity contribution < 1.29 is 4.74 Å². The number of nitrogens with zero attached hydrogens (tertiary/aromatic N) is 1. The molecule has 3 nitrogen and oxygen atoms in total. The second-order valence-corrected chi connectivity index (χ2v) is 4.14. The topological polar surface area (TPSA) is 34.1 Å². The van der Waals surface area contributed by atoms with Gasteiger partial charge in [-0.05, 0) is 43.3 Å². The van der Waals surface area contributed by atoms with Gasteiger partial charge in [0.05, 0.1) is 6.20 Å². The van der Waals surface area contributed by atoms with Crippen molar-refractivity contribution in [3.8, 4) is 11.5 Å². The SMILES string of the molecule is CCNC(C)c1cccc(Oc2cccnc2)c1. The first-order valence-electron chi connectivity index (χ1n) is 6.21. The lowest BCUT2D eigenvalue weighted by molar-refractivity contribution is 0.477. The first-order valence-corrected chi connectivity index (χ1v) is 6.21. The third-order valence-corrected chi connectivity index (χ3v) is 2.74. The second kappa shape index (κ2) is 6.17. The summed E-state index contributed by atoms with van der Waals surface area (Å²) in [6, 6.07) is 12.2. The minimum atomic E-state index is 0.326. The van der Waals surface area contributed by atoms with Crippen LogP contribution in [0.2, 0.25) is 0 Å². The lowest BCUT2D eigenvalue weighted by atomic mass is 10.1. The predicted octanol–water partition coefficient (Wildman–Crippen LogP) is 3.54. The zero-order valence-electron chi connectivity index (χ0n) is 10.8. The van der Waals surface area contributed by atoms with Gasteiger partial charge >= 0.3 is 0 Å². The zero-order chi connectivity index (χ0) is 12.8. The van der Waals surface area contributed by atoms with E-state index in [0.717, 1.165) is 18.0 Å². The molecule has 0 aliphatic rings. The number of pyridine rings is 1. The van der Waals surface area contributed by atoms with Gasteiger partial charge in [0, 0.05) is 12.2 Å². The molecule has 0 amide bonds. The van der Waals surface area contributed by atoms with Crippen LogP contribution in [0, 0.1) is 0 Å². The average molecular weight is 242 g/mol. The van der Waals surface area contributed by atoms with E-state index < -0.39 is 0 Å². The summed E-state index contributed by atoms with van der Waals surface area (Å²) in [5, 5.41) is 3.38. The summed E-state index contributed by atoms with van der Waals surface area (Å²) in [5.74, 6) is 1.59. The quantitative estimate of drug-likeness (QED) is 0.870. The van der Waals surface area contributed by atoms with Crippen molar-refractivity contribution in [2.75, 3.05) is 6.54 Å². The highest BCUT2D eigenvalue weighted by atomic mass is 16.5. The van der Waals surface area contributed by atoms with Gasteiger partial charge in [0.1, 0.15) is 11.5 Å². The molecule has 1 N–H and O–H groups in total. The first kappa shape index (κ1) is 12.6. The minimum Gasteiger partial charge on any atom is -0.456 e. The van der Waals surface area contributed by atoms with E-state index in [9.17, 15) is 0 Å². The number of nitrogens with one attached hydrogen (secondary N) is 1. The van der Waals surface area contributed by atoms with Crippen molar-refractivity contribution in [3.05, 3.63) is 54.4 Å². The van der Waals surface area contributed by atoms with Gasteiger partial charge in [-0.1, -0.05) is 19.1 Å². The Hall–Kier alpha value is -1.87. The van der Waals surface area contributed by atoms with Crippen molar-refractivity contribution in [1.29, 1.82) is 0 Å². The molecular weight excluding hydrogens is 224 g/mol. The standard InChI is InChI=1S/C15H18N2O/c1-3-17-12(2)13-6-4-7-14(10-13)18-15-8-5-9-16-11-15/h4-12,17H,3H2,1-2H3. The molecule has 18 heavy (non-hydrogen) atoms. The van der Waals surface area contributed by atoms with Gasteiger partial charge in [-0.2, -0.15) is 0 Å². The van der Waals surface area contributed by atoms with Crippen LogP contribution in [0.25, 0.3) is 0 Å². The Balaban J connectivity index is 2.12. The van der Waals surface area contributed by atoms with Crippen molar-refractivity contribution in [2.45, 2.75) is 19.9 Å². The molecule has 0 saturated heterocycles. The molecule has 0 bridgehead atoms. The number of hydrogen-bond donors (Lipinski definition) is 1. The van der Waals surface area contributed by atoms with Gasteiger partial charge in [-0.15, -0.1) is 0 Å². The molecule has 1 unspecified atom stereocenters. The molecule has 0 aliphatic carbocycles. The van der Waals surface area contributed by atoms with E-state index in [1.165, 1.54) is 5.56 Å².